The van der Waals surface area contributed by atoms with E-state index in [9.17, 15) is 22.8 Å². The summed E-state index contributed by atoms with van der Waals surface area (Å²) in [5, 5.41) is 11.4. The van der Waals surface area contributed by atoms with Crippen LogP contribution in [0.1, 0.15) is 24.5 Å². The van der Waals surface area contributed by atoms with E-state index in [1.807, 2.05) is 26.0 Å². The van der Waals surface area contributed by atoms with Crippen molar-refractivity contribution >= 4 is 39.2 Å². The highest BCUT2D eigenvalue weighted by atomic mass is 32.2. The maximum absolute atomic E-state index is 12.7. The number of nitrogens with zero attached hydrogens (tertiary/aromatic N) is 2. The molecule has 34 heavy (non-hydrogen) atoms. The number of esters is 1. The Kier molecular flexibility index (Phi) is 9.29. The molecule has 0 fully saturated rings. The van der Waals surface area contributed by atoms with Gasteiger partial charge in [-0.15, -0.1) is 0 Å². The Morgan fingerprint density at radius 1 is 1.06 bits per heavy atom. The lowest BCUT2D eigenvalue weighted by molar-refractivity contribution is -0.146. The molecule has 2 aromatic carbocycles. The average Bonchev–Trinajstić information content (AvgIpc) is 2.76. The lowest BCUT2D eigenvalue weighted by Gasteiger charge is -2.22. The molecule has 0 spiro atoms. The summed E-state index contributed by atoms with van der Waals surface area (Å²) >= 11 is 0. The van der Waals surface area contributed by atoms with E-state index in [0.29, 0.717) is 11.4 Å². The number of hydrogen-bond donors (Lipinski definition) is 2. The van der Waals surface area contributed by atoms with Crippen LogP contribution in [-0.2, 0) is 29.1 Å². The molecule has 0 atom stereocenters. The molecule has 10 nitrogen and oxygen atoms in total. The van der Waals surface area contributed by atoms with Crippen molar-refractivity contribution in [2.24, 2.45) is 0 Å². The predicted octanol–water partition coefficient (Wildman–Crippen LogP) is 2.03. The van der Waals surface area contributed by atoms with Crippen molar-refractivity contribution in [2.45, 2.75) is 32.1 Å². The van der Waals surface area contributed by atoms with Gasteiger partial charge in [-0.1, -0.05) is 6.07 Å². The lowest BCUT2D eigenvalue weighted by atomic mass is 10.1. The second-order valence-corrected chi connectivity index (χ2v) is 9.26. The number of sulfonamides is 1. The molecule has 0 saturated carbocycles. The fourth-order valence-corrected chi connectivity index (χ4v) is 4.06. The normalized spacial score (nSPS) is 10.8. The molecule has 2 N–H and O–H groups in total. The predicted molar refractivity (Wildman–Crippen MR) is 125 cm³/mol. The highest BCUT2D eigenvalue weighted by Crippen LogP contribution is 2.19. The first-order valence-electron chi connectivity index (χ1n) is 10.3. The Labute approximate surface area is 198 Å². The Balaban J connectivity index is 1.96. The third kappa shape index (κ3) is 7.99. The number of ether oxygens (including phenoxy) is 1. The summed E-state index contributed by atoms with van der Waals surface area (Å²) in [6, 6.07) is 12.9. The van der Waals surface area contributed by atoms with Crippen LogP contribution in [0, 0.1) is 25.2 Å². The maximum Gasteiger partial charge on any atom is 0.321 e. The fourth-order valence-electron chi connectivity index (χ4n) is 3.10. The van der Waals surface area contributed by atoms with Crippen LogP contribution in [-0.4, -0.2) is 45.9 Å². The molecule has 0 aliphatic carbocycles. The van der Waals surface area contributed by atoms with E-state index in [1.165, 1.54) is 36.1 Å². The minimum atomic E-state index is -4.01. The number of rotatable bonds is 10. The zero-order valence-electron chi connectivity index (χ0n) is 19.1. The van der Waals surface area contributed by atoms with Crippen LogP contribution in [0.15, 0.2) is 47.4 Å². The van der Waals surface area contributed by atoms with E-state index >= 15 is 0 Å². The smallest absolute Gasteiger partial charge is 0.321 e. The highest BCUT2D eigenvalue weighted by molar-refractivity contribution is 7.89. The SMILES string of the molecule is CC(=O)Nc1ccc(S(=O)(=O)NCC(=O)OCC(=O)N(CCC#N)c2cc(C)cc(C)c2)cc1. The summed E-state index contributed by atoms with van der Waals surface area (Å²) < 4.78 is 31.8. The molecule has 0 aliphatic heterocycles. The zero-order valence-corrected chi connectivity index (χ0v) is 19.9. The molecule has 180 valence electrons. The van der Waals surface area contributed by atoms with Gasteiger partial charge in [0.05, 0.1) is 17.4 Å². The van der Waals surface area contributed by atoms with Crippen molar-refractivity contribution in [1.29, 1.82) is 5.26 Å². The number of carbonyl (C=O) groups is 3. The van der Waals surface area contributed by atoms with Crippen molar-refractivity contribution < 1.29 is 27.5 Å². The minimum absolute atomic E-state index is 0.0905. The highest BCUT2D eigenvalue weighted by Gasteiger charge is 2.20. The first-order chi connectivity index (χ1) is 16.0. The number of carbonyl (C=O) groups excluding carboxylic acids is 3. The van der Waals surface area contributed by atoms with Crippen molar-refractivity contribution in [3.8, 4) is 6.07 Å². The van der Waals surface area contributed by atoms with E-state index < -0.39 is 35.1 Å². The lowest BCUT2D eigenvalue weighted by Crippen LogP contribution is -2.37. The summed E-state index contributed by atoms with van der Waals surface area (Å²) in [6.45, 7) is 3.92. The third-order valence-electron chi connectivity index (χ3n) is 4.51. The quantitative estimate of drug-likeness (QED) is 0.489. The van der Waals surface area contributed by atoms with Crippen molar-refractivity contribution in [1.82, 2.24) is 4.72 Å². The molecule has 2 rings (SSSR count). The number of anilines is 2. The van der Waals surface area contributed by atoms with Gasteiger partial charge in [0.1, 0.15) is 6.54 Å². The van der Waals surface area contributed by atoms with E-state index in [2.05, 4.69) is 10.0 Å². The monoisotopic (exact) mass is 486 g/mol. The number of benzene rings is 2. The van der Waals surface area contributed by atoms with Crippen LogP contribution in [0.2, 0.25) is 0 Å². The van der Waals surface area contributed by atoms with Gasteiger partial charge in [-0.3, -0.25) is 14.4 Å². The number of aryl methyl sites for hydroxylation is 2. The van der Waals surface area contributed by atoms with Crippen LogP contribution in [0.25, 0.3) is 0 Å². The topological polar surface area (TPSA) is 146 Å². The van der Waals surface area contributed by atoms with E-state index in [1.54, 1.807) is 12.1 Å². The van der Waals surface area contributed by atoms with Gasteiger partial charge in [-0.25, -0.2) is 8.42 Å². The Morgan fingerprint density at radius 2 is 1.68 bits per heavy atom. The molecular weight excluding hydrogens is 460 g/mol. The summed E-state index contributed by atoms with van der Waals surface area (Å²) in [7, 11) is -4.01. The third-order valence-corrected chi connectivity index (χ3v) is 5.93. The second-order valence-electron chi connectivity index (χ2n) is 7.49. The number of nitriles is 1. The number of hydrogen-bond acceptors (Lipinski definition) is 7. The molecule has 2 aromatic rings. The van der Waals surface area contributed by atoms with Crippen LogP contribution in [0.4, 0.5) is 11.4 Å². The van der Waals surface area contributed by atoms with Gasteiger partial charge in [0.2, 0.25) is 15.9 Å². The van der Waals surface area contributed by atoms with Gasteiger partial charge in [-0.05, 0) is 61.4 Å². The Hall–Kier alpha value is -3.75. The van der Waals surface area contributed by atoms with Gasteiger partial charge in [-0.2, -0.15) is 9.98 Å². The van der Waals surface area contributed by atoms with Gasteiger partial charge >= 0.3 is 5.97 Å². The fraction of sp³-hybridized carbons (Fsp3) is 0.304. The van der Waals surface area contributed by atoms with Gasteiger partial charge in [0.25, 0.3) is 5.91 Å². The van der Waals surface area contributed by atoms with Gasteiger partial charge < -0.3 is 15.0 Å². The van der Waals surface area contributed by atoms with Crippen molar-refractivity contribution in [2.75, 3.05) is 29.9 Å². The average molecular weight is 487 g/mol. The van der Waals surface area contributed by atoms with Crippen LogP contribution >= 0.6 is 0 Å². The number of amides is 2. The Bertz CT molecular complexity index is 1180. The van der Waals surface area contributed by atoms with Gasteiger partial charge in [0, 0.05) is 24.8 Å². The standard InChI is InChI=1S/C23H26N4O6S/c1-16-11-17(2)13-20(12-16)27(10-4-9-24)22(29)15-33-23(30)14-25-34(31,32)21-7-5-19(6-8-21)26-18(3)28/h5-8,11-13,25H,4,10,14-15H2,1-3H3,(H,26,28). The number of nitrogens with one attached hydrogen (secondary N) is 2. The molecule has 11 heteroatoms. The molecule has 0 aliphatic rings. The van der Waals surface area contributed by atoms with E-state index in [4.69, 9.17) is 10.00 Å². The van der Waals surface area contributed by atoms with Crippen molar-refractivity contribution in [3.63, 3.8) is 0 Å². The summed E-state index contributed by atoms with van der Waals surface area (Å²) in [6.07, 6.45) is 0.0905. The Morgan fingerprint density at radius 3 is 2.24 bits per heavy atom. The first kappa shape index (κ1) is 26.5. The zero-order chi connectivity index (χ0) is 25.3. The van der Waals surface area contributed by atoms with Gasteiger partial charge in [0.15, 0.2) is 6.61 Å². The van der Waals surface area contributed by atoms with Crippen LogP contribution in [0.3, 0.4) is 0 Å². The molecule has 0 unspecified atom stereocenters. The minimum Gasteiger partial charge on any atom is -0.455 e. The van der Waals surface area contributed by atoms with E-state index in [0.717, 1.165) is 11.1 Å². The molecule has 0 bridgehead atoms. The van der Waals surface area contributed by atoms with Crippen LogP contribution < -0.4 is 14.9 Å². The van der Waals surface area contributed by atoms with E-state index in [-0.39, 0.29) is 23.8 Å². The largest absolute Gasteiger partial charge is 0.455 e. The molecular formula is C23H26N4O6S. The van der Waals surface area contributed by atoms with Crippen molar-refractivity contribution in [3.05, 3.63) is 53.6 Å². The molecule has 0 heterocycles. The summed E-state index contributed by atoms with van der Waals surface area (Å²) in [5.74, 6) is -1.77. The van der Waals surface area contributed by atoms with Crippen LogP contribution in [0.5, 0.6) is 0 Å². The second kappa shape index (κ2) is 11.9. The molecule has 0 aromatic heterocycles. The summed E-state index contributed by atoms with van der Waals surface area (Å²) in [5.41, 5.74) is 2.87. The summed E-state index contributed by atoms with van der Waals surface area (Å²) in [4.78, 5) is 37.0. The molecule has 2 amide bonds. The molecule has 0 radical (unpaired) electrons. The maximum atomic E-state index is 12.7. The molecule has 0 saturated heterocycles. The first-order valence-corrected chi connectivity index (χ1v) is 11.8.